The first-order valence-corrected chi connectivity index (χ1v) is 8.40. The molecule has 0 bridgehead atoms. The van der Waals surface area contributed by atoms with E-state index >= 15 is 0 Å². The molecule has 0 radical (unpaired) electrons. The summed E-state index contributed by atoms with van der Waals surface area (Å²) in [6.45, 7) is 2.15. The molecule has 3 heteroatoms. The Morgan fingerprint density at radius 3 is 2.71 bits per heavy atom. The van der Waals surface area contributed by atoms with E-state index in [4.69, 9.17) is 4.74 Å². The Labute approximate surface area is 142 Å². The Morgan fingerprint density at radius 2 is 1.96 bits per heavy atom. The number of esters is 1. The van der Waals surface area contributed by atoms with Crippen molar-refractivity contribution in [1.29, 1.82) is 0 Å². The van der Waals surface area contributed by atoms with E-state index < -0.39 is 0 Å². The zero-order valence-corrected chi connectivity index (χ0v) is 14.0. The minimum atomic E-state index is -0.292. The summed E-state index contributed by atoms with van der Waals surface area (Å²) in [5.41, 5.74) is 5.75. The van der Waals surface area contributed by atoms with Crippen molar-refractivity contribution in [2.75, 3.05) is 12.4 Å². The number of carbonyl (C=O) groups excluding carboxylic acids is 1. The highest BCUT2D eigenvalue weighted by Crippen LogP contribution is 2.50. The van der Waals surface area contributed by atoms with Gasteiger partial charge in [0.25, 0.3) is 0 Å². The first-order valence-electron chi connectivity index (χ1n) is 8.40. The molecule has 0 spiro atoms. The number of ether oxygens (including phenoxy) is 1. The van der Waals surface area contributed by atoms with Crippen LogP contribution < -0.4 is 5.32 Å². The first-order chi connectivity index (χ1) is 11.7. The monoisotopic (exact) mass is 319 g/mol. The number of allylic oxidation sites excluding steroid dienone is 2. The molecule has 122 valence electrons. The van der Waals surface area contributed by atoms with Gasteiger partial charge in [-0.15, -0.1) is 0 Å². The SMILES string of the molecule is COC(=O)c1ccc([C@H]2Nc3c(C)cccc3[C@H]3C=CC[C@@H]32)cc1. The summed E-state index contributed by atoms with van der Waals surface area (Å²) in [5, 5.41) is 3.76. The number of nitrogens with one attached hydrogen (secondary N) is 1. The highest BCUT2D eigenvalue weighted by atomic mass is 16.5. The fraction of sp³-hybridized carbons (Fsp3) is 0.286. The van der Waals surface area contributed by atoms with Gasteiger partial charge in [-0.1, -0.05) is 42.5 Å². The zero-order chi connectivity index (χ0) is 16.7. The summed E-state index contributed by atoms with van der Waals surface area (Å²) in [7, 11) is 1.41. The third kappa shape index (κ3) is 2.32. The quantitative estimate of drug-likeness (QED) is 0.649. The summed E-state index contributed by atoms with van der Waals surface area (Å²) in [4.78, 5) is 11.6. The van der Waals surface area contributed by atoms with Gasteiger partial charge < -0.3 is 10.1 Å². The van der Waals surface area contributed by atoms with Gasteiger partial charge in [0.2, 0.25) is 0 Å². The number of fused-ring (bicyclic) bond motifs is 3. The first kappa shape index (κ1) is 15.0. The number of hydrogen-bond acceptors (Lipinski definition) is 3. The van der Waals surface area contributed by atoms with E-state index in [9.17, 15) is 4.79 Å². The molecule has 2 aliphatic rings. The second-order valence-electron chi connectivity index (χ2n) is 6.63. The molecule has 1 heterocycles. The van der Waals surface area contributed by atoms with Crippen molar-refractivity contribution in [3.8, 4) is 0 Å². The Bertz CT molecular complexity index is 807. The van der Waals surface area contributed by atoms with Crippen molar-refractivity contribution in [2.45, 2.75) is 25.3 Å². The lowest BCUT2D eigenvalue weighted by molar-refractivity contribution is 0.0600. The lowest BCUT2D eigenvalue weighted by Gasteiger charge is -2.38. The predicted octanol–water partition coefficient (Wildman–Crippen LogP) is 4.61. The number of benzene rings is 2. The van der Waals surface area contributed by atoms with Gasteiger partial charge in [-0.2, -0.15) is 0 Å². The van der Waals surface area contributed by atoms with E-state index in [0.29, 0.717) is 17.4 Å². The predicted molar refractivity (Wildman–Crippen MR) is 95.3 cm³/mol. The van der Waals surface area contributed by atoms with Crippen molar-refractivity contribution in [2.24, 2.45) is 5.92 Å². The molecule has 0 saturated carbocycles. The molecular weight excluding hydrogens is 298 g/mol. The zero-order valence-electron chi connectivity index (χ0n) is 14.0. The van der Waals surface area contributed by atoms with Crippen molar-refractivity contribution in [1.82, 2.24) is 0 Å². The molecule has 0 amide bonds. The van der Waals surface area contributed by atoms with Crippen LogP contribution in [-0.2, 0) is 4.74 Å². The molecule has 0 fully saturated rings. The van der Waals surface area contributed by atoms with E-state index in [1.165, 1.54) is 29.5 Å². The fourth-order valence-electron chi connectivity index (χ4n) is 4.05. The minimum absolute atomic E-state index is 0.255. The van der Waals surface area contributed by atoms with Crippen LogP contribution in [0.25, 0.3) is 0 Å². The lowest BCUT2D eigenvalue weighted by Crippen LogP contribution is -2.29. The van der Waals surface area contributed by atoms with Gasteiger partial charge >= 0.3 is 5.97 Å². The summed E-state index contributed by atoms with van der Waals surface area (Å²) in [6, 6.07) is 14.6. The smallest absolute Gasteiger partial charge is 0.337 e. The van der Waals surface area contributed by atoms with Crippen LogP contribution in [0.1, 0.15) is 45.4 Å². The Balaban J connectivity index is 1.71. The van der Waals surface area contributed by atoms with Crippen molar-refractivity contribution < 1.29 is 9.53 Å². The van der Waals surface area contributed by atoms with E-state index in [0.717, 1.165) is 6.42 Å². The largest absolute Gasteiger partial charge is 0.465 e. The topological polar surface area (TPSA) is 38.3 Å². The maximum atomic E-state index is 11.6. The number of hydrogen-bond donors (Lipinski definition) is 1. The normalized spacial score (nSPS) is 24.0. The molecule has 2 aromatic carbocycles. The highest BCUT2D eigenvalue weighted by Gasteiger charge is 2.38. The van der Waals surface area contributed by atoms with E-state index in [-0.39, 0.29) is 12.0 Å². The molecule has 3 atom stereocenters. The van der Waals surface area contributed by atoms with Crippen LogP contribution in [0.4, 0.5) is 5.69 Å². The van der Waals surface area contributed by atoms with Gasteiger partial charge in [-0.25, -0.2) is 4.79 Å². The Morgan fingerprint density at radius 1 is 1.17 bits per heavy atom. The standard InChI is InChI=1S/C21H21NO2/c1-13-5-3-7-17-16-6-4-8-18(16)20(22-19(13)17)14-9-11-15(12-10-14)21(23)24-2/h3-7,9-12,16,18,20,22H,8H2,1-2H3/t16-,18+,20-/m1/s1. The molecule has 0 saturated heterocycles. The van der Waals surface area contributed by atoms with E-state index in [2.05, 4.69) is 42.6 Å². The molecule has 0 aromatic heterocycles. The molecule has 24 heavy (non-hydrogen) atoms. The van der Waals surface area contributed by atoms with Crippen LogP contribution in [0.5, 0.6) is 0 Å². The van der Waals surface area contributed by atoms with Gasteiger partial charge in [0.1, 0.15) is 0 Å². The van der Waals surface area contributed by atoms with Gasteiger partial charge in [0, 0.05) is 11.6 Å². The van der Waals surface area contributed by atoms with Gasteiger partial charge in [0.15, 0.2) is 0 Å². The minimum Gasteiger partial charge on any atom is -0.465 e. The second-order valence-corrected chi connectivity index (χ2v) is 6.63. The molecule has 1 N–H and O–H groups in total. The van der Waals surface area contributed by atoms with Crippen molar-refractivity contribution in [3.63, 3.8) is 0 Å². The molecule has 4 rings (SSSR count). The van der Waals surface area contributed by atoms with Crippen LogP contribution in [0, 0.1) is 12.8 Å². The summed E-state index contributed by atoms with van der Waals surface area (Å²) >= 11 is 0. The molecule has 0 unspecified atom stereocenters. The average molecular weight is 319 g/mol. The van der Waals surface area contributed by atoms with Crippen LogP contribution in [0.15, 0.2) is 54.6 Å². The van der Waals surface area contributed by atoms with Gasteiger partial charge in [-0.3, -0.25) is 0 Å². The number of anilines is 1. The average Bonchev–Trinajstić information content (AvgIpc) is 3.11. The highest BCUT2D eigenvalue weighted by molar-refractivity contribution is 5.89. The number of aryl methyl sites for hydroxylation is 1. The van der Waals surface area contributed by atoms with Gasteiger partial charge in [0.05, 0.1) is 18.7 Å². The van der Waals surface area contributed by atoms with Crippen LogP contribution >= 0.6 is 0 Å². The van der Waals surface area contributed by atoms with Crippen molar-refractivity contribution >= 4 is 11.7 Å². The van der Waals surface area contributed by atoms with E-state index in [1.807, 2.05) is 24.3 Å². The molecule has 1 aliphatic heterocycles. The number of rotatable bonds is 2. The lowest BCUT2D eigenvalue weighted by atomic mass is 9.76. The number of para-hydroxylation sites is 1. The molecular formula is C21H21NO2. The second kappa shape index (κ2) is 5.82. The third-order valence-electron chi connectivity index (χ3n) is 5.30. The van der Waals surface area contributed by atoms with Crippen LogP contribution in [0.2, 0.25) is 0 Å². The fourth-order valence-corrected chi connectivity index (χ4v) is 4.05. The summed E-state index contributed by atoms with van der Waals surface area (Å²) in [6.07, 6.45) is 5.72. The van der Waals surface area contributed by atoms with Crippen LogP contribution in [0.3, 0.4) is 0 Å². The summed E-state index contributed by atoms with van der Waals surface area (Å²) in [5.74, 6) is 0.689. The molecule has 3 nitrogen and oxygen atoms in total. The van der Waals surface area contributed by atoms with Gasteiger partial charge in [-0.05, 0) is 48.1 Å². The number of carbonyl (C=O) groups is 1. The van der Waals surface area contributed by atoms with Crippen molar-refractivity contribution in [3.05, 3.63) is 76.9 Å². The summed E-state index contributed by atoms with van der Waals surface area (Å²) < 4.78 is 4.79. The maximum Gasteiger partial charge on any atom is 0.337 e. The maximum absolute atomic E-state index is 11.6. The number of methoxy groups -OCH3 is 1. The Hall–Kier alpha value is -2.55. The third-order valence-corrected chi connectivity index (χ3v) is 5.30. The Kier molecular flexibility index (Phi) is 3.64. The molecule has 1 aliphatic carbocycles. The molecule has 2 aromatic rings. The van der Waals surface area contributed by atoms with E-state index in [1.54, 1.807) is 0 Å². The van der Waals surface area contributed by atoms with Crippen LogP contribution in [-0.4, -0.2) is 13.1 Å².